The lowest BCUT2D eigenvalue weighted by molar-refractivity contribution is 0.0787. The van der Waals surface area contributed by atoms with E-state index < -0.39 is 11.2 Å². The second-order valence-corrected chi connectivity index (χ2v) is 18.1. The summed E-state index contributed by atoms with van der Waals surface area (Å²) in [5.41, 5.74) is 6.44. The van der Waals surface area contributed by atoms with E-state index in [0.717, 1.165) is 54.9 Å². The second kappa shape index (κ2) is 11.4. The lowest BCUT2D eigenvalue weighted by atomic mass is 9.76. The van der Waals surface area contributed by atoms with Crippen molar-refractivity contribution in [2.75, 3.05) is 0 Å². The summed E-state index contributed by atoms with van der Waals surface area (Å²) in [4.78, 5) is 0. The van der Waals surface area contributed by atoms with Gasteiger partial charge in [0.25, 0.3) is 0 Å². The molecule has 0 amide bonds. The fourth-order valence-electron chi connectivity index (χ4n) is 8.43. The molecule has 0 atom stereocenters. The van der Waals surface area contributed by atoms with Gasteiger partial charge in [0, 0.05) is 0 Å². The summed E-state index contributed by atoms with van der Waals surface area (Å²) in [6, 6.07) is 40.0. The van der Waals surface area contributed by atoms with Crippen molar-refractivity contribution in [3.63, 3.8) is 0 Å². The molecular formula is C50H50O2. The maximum absolute atomic E-state index is 11.7. The Morgan fingerprint density at radius 2 is 0.731 bits per heavy atom. The van der Waals surface area contributed by atoms with Crippen LogP contribution in [0.3, 0.4) is 0 Å². The molecule has 0 radical (unpaired) electrons. The smallest absolute Gasteiger partial charge is 0.0846 e. The van der Waals surface area contributed by atoms with Crippen molar-refractivity contribution in [2.24, 2.45) is 0 Å². The fraction of sp³-hybridized carbons (Fsp3) is 0.280. The minimum Gasteiger partial charge on any atom is -0.386 e. The molecule has 8 aromatic carbocycles. The summed E-state index contributed by atoms with van der Waals surface area (Å²) < 4.78 is 0. The first-order chi connectivity index (χ1) is 24.3. The average Bonchev–Trinajstić information content (AvgIpc) is 3.07. The van der Waals surface area contributed by atoms with Gasteiger partial charge in [-0.25, -0.2) is 0 Å². The Morgan fingerprint density at radius 1 is 0.365 bits per heavy atom. The Morgan fingerprint density at radius 3 is 1.08 bits per heavy atom. The van der Waals surface area contributed by atoms with Gasteiger partial charge in [-0.1, -0.05) is 126 Å². The Hall–Kier alpha value is -4.76. The number of rotatable bonds is 4. The van der Waals surface area contributed by atoms with Crippen LogP contribution in [0, 0.1) is 0 Å². The standard InChI is InChI=1S/C50H50O2/c1-47(2,3)33-23-31-25-38(46-36-18-14-12-16-30(36)20-22-42(46)50(9,10)52)40-28-34(48(4,5)6)24-32-26-37(39(27-33)43(31)44(32)40)45-35-17-13-11-15-29(35)19-21-41(45)49(7,8)51/h11-28,51-52H,1-10H3. The number of hydrogen-bond acceptors (Lipinski definition) is 2. The van der Waals surface area contributed by atoms with Crippen molar-refractivity contribution in [3.8, 4) is 22.3 Å². The molecule has 0 aromatic heterocycles. The zero-order valence-electron chi connectivity index (χ0n) is 32.3. The summed E-state index contributed by atoms with van der Waals surface area (Å²) in [6.45, 7) is 21.3. The van der Waals surface area contributed by atoms with Crippen LogP contribution in [-0.4, -0.2) is 10.2 Å². The molecule has 2 nitrogen and oxygen atoms in total. The minimum atomic E-state index is -1.06. The van der Waals surface area contributed by atoms with Crippen LogP contribution in [-0.2, 0) is 22.0 Å². The largest absolute Gasteiger partial charge is 0.386 e. The highest BCUT2D eigenvalue weighted by molar-refractivity contribution is 6.31. The van der Waals surface area contributed by atoms with E-state index in [-0.39, 0.29) is 10.8 Å². The molecule has 2 heteroatoms. The lowest BCUT2D eigenvalue weighted by Gasteiger charge is -2.29. The predicted molar refractivity (Wildman–Crippen MR) is 224 cm³/mol. The van der Waals surface area contributed by atoms with Gasteiger partial charge < -0.3 is 10.2 Å². The molecule has 0 aliphatic rings. The van der Waals surface area contributed by atoms with Gasteiger partial charge in [0.2, 0.25) is 0 Å². The summed E-state index contributed by atoms with van der Waals surface area (Å²) in [5, 5.41) is 35.3. The zero-order chi connectivity index (χ0) is 37.1. The van der Waals surface area contributed by atoms with Crippen LogP contribution < -0.4 is 0 Å². The summed E-state index contributed by atoms with van der Waals surface area (Å²) in [5.74, 6) is 0. The minimum absolute atomic E-state index is 0.114. The highest BCUT2D eigenvalue weighted by Crippen LogP contribution is 2.51. The van der Waals surface area contributed by atoms with E-state index in [2.05, 4.69) is 151 Å². The van der Waals surface area contributed by atoms with Crippen LogP contribution in [0.4, 0.5) is 0 Å². The van der Waals surface area contributed by atoms with Crippen LogP contribution >= 0.6 is 0 Å². The third kappa shape index (κ3) is 5.47. The van der Waals surface area contributed by atoms with Gasteiger partial charge >= 0.3 is 0 Å². The van der Waals surface area contributed by atoms with E-state index in [1.165, 1.54) is 43.4 Å². The maximum atomic E-state index is 11.7. The van der Waals surface area contributed by atoms with Gasteiger partial charge in [-0.2, -0.15) is 0 Å². The third-order valence-corrected chi connectivity index (χ3v) is 11.2. The number of aliphatic hydroxyl groups is 2. The maximum Gasteiger partial charge on any atom is 0.0846 e. The van der Waals surface area contributed by atoms with E-state index in [4.69, 9.17) is 0 Å². The molecule has 0 saturated heterocycles. The Kier molecular flexibility index (Phi) is 7.51. The zero-order valence-corrected chi connectivity index (χ0v) is 32.3. The first kappa shape index (κ1) is 34.3. The van der Waals surface area contributed by atoms with Crippen molar-refractivity contribution in [1.82, 2.24) is 0 Å². The monoisotopic (exact) mass is 682 g/mol. The van der Waals surface area contributed by atoms with Crippen LogP contribution in [0.15, 0.2) is 109 Å². The number of benzene rings is 8. The number of hydrogen-bond donors (Lipinski definition) is 2. The van der Waals surface area contributed by atoms with Gasteiger partial charge in [-0.15, -0.1) is 0 Å². The van der Waals surface area contributed by atoms with Crippen molar-refractivity contribution < 1.29 is 10.2 Å². The average molecular weight is 683 g/mol. The number of fused-ring (bicyclic) bond motifs is 2. The molecule has 0 spiro atoms. The highest BCUT2D eigenvalue weighted by Gasteiger charge is 2.30. The van der Waals surface area contributed by atoms with Gasteiger partial charge in [0.15, 0.2) is 0 Å². The molecule has 0 unspecified atom stereocenters. The van der Waals surface area contributed by atoms with E-state index >= 15 is 0 Å². The van der Waals surface area contributed by atoms with E-state index in [1.807, 2.05) is 27.7 Å². The SMILES string of the molecule is CC(C)(C)c1cc2cc(-c3c(C(C)(C)O)ccc4ccccc34)c3cc(C(C)(C)C)cc4cc(-c5c(C(C)(C)O)ccc6ccccc56)c(c1)c2c43. The van der Waals surface area contributed by atoms with Crippen molar-refractivity contribution in [1.29, 1.82) is 0 Å². The molecule has 0 aliphatic carbocycles. The first-order valence-electron chi connectivity index (χ1n) is 18.6. The summed E-state index contributed by atoms with van der Waals surface area (Å²) in [7, 11) is 0. The van der Waals surface area contributed by atoms with E-state index in [1.54, 1.807) is 0 Å². The van der Waals surface area contributed by atoms with Crippen molar-refractivity contribution >= 4 is 53.9 Å². The van der Waals surface area contributed by atoms with Gasteiger partial charge in [0.1, 0.15) is 0 Å². The molecule has 0 bridgehead atoms. The van der Waals surface area contributed by atoms with Crippen LogP contribution in [0.25, 0.3) is 76.1 Å². The summed E-state index contributed by atoms with van der Waals surface area (Å²) >= 11 is 0. The molecule has 0 aliphatic heterocycles. The lowest BCUT2D eigenvalue weighted by Crippen LogP contribution is -2.17. The Labute approximate surface area is 308 Å². The normalized spacial score (nSPS) is 13.4. The molecule has 8 rings (SSSR count). The Balaban J connectivity index is 1.65. The molecule has 2 N–H and O–H groups in total. The molecule has 0 fully saturated rings. The van der Waals surface area contributed by atoms with Crippen LogP contribution in [0.5, 0.6) is 0 Å². The molecule has 8 aromatic rings. The van der Waals surface area contributed by atoms with Crippen molar-refractivity contribution in [3.05, 3.63) is 131 Å². The Bertz CT molecular complexity index is 2510. The topological polar surface area (TPSA) is 40.5 Å². The third-order valence-electron chi connectivity index (χ3n) is 11.2. The summed E-state index contributed by atoms with van der Waals surface area (Å²) in [6.07, 6.45) is 0. The molecular weight excluding hydrogens is 633 g/mol. The van der Waals surface area contributed by atoms with E-state index in [0.29, 0.717) is 0 Å². The van der Waals surface area contributed by atoms with Gasteiger partial charge in [-0.3, -0.25) is 0 Å². The van der Waals surface area contributed by atoms with Crippen LogP contribution in [0.2, 0.25) is 0 Å². The van der Waals surface area contributed by atoms with E-state index in [9.17, 15) is 10.2 Å². The van der Waals surface area contributed by atoms with Gasteiger partial charge in [0.05, 0.1) is 11.2 Å². The first-order valence-corrected chi connectivity index (χ1v) is 18.6. The molecule has 262 valence electrons. The van der Waals surface area contributed by atoms with Crippen molar-refractivity contribution in [2.45, 2.75) is 91.3 Å². The molecule has 0 saturated carbocycles. The molecule has 0 heterocycles. The van der Waals surface area contributed by atoms with Crippen LogP contribution in [0.1, 0.15) is 91.5 Å². The fourth-order valence-corrected chi connectivity index (χ4v) is 8.43. The highest BCUT2D eigenvalue weighted by atomic mass is 16.3. The second-order valence-electron chi connectivity index (χ2n) is 18.1. The van der Waals surface area contributed by atoms with Gasteiger partial charge in [-0.05, 0) is 161 Å². The quantitative estimate of drug-likeness (QED) is 0.181. The molecule has 52 heavy (non-hydrogen) atoms. The predicted octanol–water partition coefficient (Wildman–Crippen LogP) is 13.3.